The summed E-state index contributed by atoms with van der Waals surface area (Å²) >= 11 is 0. The number of H-pyrrole nitrogens is 1. The highest BCUT2D eigenvalue weighted by molar-refractivity contribution is 5.13. The molecule has 1 aliphatic heterocycles. The smallest absolute Gasteiger partial charge is 0.330 e. The van der Waals surface area contributed by atoms with E-state index >= 15 is 0 Å². The van der Waals surface area contributed by atoms with Crippen molar-refractivity contribution in [1.29, 1.82) is 0 Å². The van der Waals surface area contributed by atoms with Gasteiger partial charge < -0.3 is 24.8 Å². The second kappa shape index (κ2) is 5.75. The number of aliphatic hydroxyl groups excluding tert-OH is 3. The lowest BCUT2D eigenvalue weighted by molar-refractivity contribution is -0.0553. The van der Waals surface area contributed by atoms with Crippen molar-refractivity contribution in [2.45, 2.75) is 31.5 Å². The van der Waals surface area contributed by atoms with E-state index in [9.17, 15) is 19.8 Å². The third kappa shape index (κ3) is 2.48. The fourth-order valence-electron chi connectivity index (χ4n) is 2.02. The minimum absolute atomic E-state index is 0.107. The molecule has 9 nitrogen and oxygen atoms in total. The van der Waals surface area contributed by atoms with E-state index in [1.807, 2.05) is 4.98 Å². The SMILES string of the molecule is CCOc1cn([C@@H]2O[C@H](CO)[C@@H](O)[C@H]2O)c(=O)[nH]c1=O. The van der Waals surface area contributed by atoms with Crippen LogP contribution in [0.2, 0.25) is 0 Å². The summed E-state index contributed by atoms with van der Waals surface area (Å²) in [6, 6.07) is 0. The first-order valence-corrected chi connectivity index (χ1v) is 6.10. The Morgan fingerprint density at radius 3 is 2.65 bits per heavy atom. The molecular formula is C11H16N2O7. The van der Waals surface area contributed by atoms with Gasteiger partial charge in [0.1, 0.15) is 18.3 Å². The third-order valence-electron chi connectivity index (χ3n) is 3.03. The second-order valence-corrected chi connectivity index (χ2v) is 4.32. The molecule has 0 aromatic carbocycles. The molecule has 9 heteroatoms. The Bertz CT molecular complexity index is 581. The summed E-state index contributed by atoms with van der Waals surface area (Å²) in [5, 5.41) is 28.5. The van der Waals surface area contributed by atoms with Crippen molar-refractivity contribution in [2.75, 3.05) is 13.2 Å². The van der Waals surface area contributed by atoms with Gasteiger partial charge in [-0.25, -0.2) is 4.79 Å². The zero-order chi connectivity index (χ0) is 14.9. The lowest BCUT2D eigenvalue weighted by atomic mass is 10.1. The molecule has 0 spiro atoms. The van der Waals surface area contributed by atoms with Crippen molar-refractivity contribution in [3.05, 3.63) is 27.0 Å². The summed E-state index contributed by atoms with van der Waals surface area (Å²) in [6.07, 6.45) is -3.87. The van der Waals surface area contributed by atoms with Gasteiger partial charge in [-0.1, -0.05) is 0 Å². The van der Waals surface area contributed by atoms with Crippen LogP contribution >= 0.6 is 0 Å². The van der Waals surface area contributed by atoms with Gasteiger partial charge in [0.15, 0.2) is 6.23 Å². The van der Waals surface area contributed by atoms with Crippen LogP contribution in [0.15, 0.2) is 15.8 Å². The molecule has 20 heavy (non-hydrogen) atoms. The highest BCUT2D eigenvalue weighted by Gasteiger charge is 2.43. The first-order valence-electron chi connectivity index (χ1n) is 6.10. The van der Waals surface area contributed by atoms with Crippen molar-refractivity contribution in [3.63, 3.8) is 0 Å². The van der Waals surface area contributed by atoms with Crippen LogP contribution in [0.1, 0.15) is 13.2 Å². The van der Waals surface area contributed by atoms with Gasteiger partial charge in [-0.15, -0.1) is 0 Å². The van der Waals surface area contributed by atoms with Crippen molar-refractivity contribution in [1.82, 2.24) is 9.55 Å². The van der Waals surface area contributed by atoms with E-state index in [1.54, 1.807) is 6.92 Å². The maximum atomic E-state index is 11.7. The predicted octanol–water partition coefficient (Wildman–Crippen LogP) is -2.45. The number of hydrogen-bond acceptors (Lipinski definition) is 7. The topological polar surface area (TPSA) is 134 Å². The average molecular weight is 288 g/mol. The monoisotopic (exact) mass is 288 g/mol. The van der Waals surface area contributed by atoms with Crippen LogP contribution in [0.4, 0.5) is 0 Å². The quantitative estimate of drug-likeness (QED) is 0.483. The molecule has 4 N–H and O–H groups in total. The van der Waals surface area contributed by atoms with Crippen LogP contribution in [-0.2, 0) is 4.74 Å². The van der Waals surface area contributed by atoms with E-state index in [2.05, 4.69) is 0 Å². The van der Waals surface area contributed by atoms with E-state index < -0.39 is 42.4 Å². The van der Waals surface area contributed by atoms with E-state index in [0.717, 1.165) is 10.8 Å². The molecule has 0 aliphatic carbocycles. The van der Waals surface area contributed by atoms with Gasteiger partial charge in [-0.2, -0.15) is 0 Å². The number of hydrogen-bond donors (Lipinski definition) is 4. The average Bonchev–Trinajstić information content (AvgIpc) is 2.70. The largest absolute Gasteiger partial charge is 0.487 e. The third-order valence-corrected chi connectivity index (χ3v) is 3.03. The molecular weight excluding hydrogens is 272 g/mol. The number of aliphatic hydroxyl groups is 3. The number of nitrogens with zero attached hydrogens (tertiary/aromatic N) is 1. The molecule has 1 fully saturated rings. The van der Waals surface area contributed by atoms with Crippen molar-refractivity contribution >= 4 is 0 Å². The van der Waals surface area contributed by atoms with Crippen LogP contribution in [0.25, 0.3) is 0 Å². The fraction of sp³-hybridized carbons (Fsp3) is 0.636. The molecule has 0 unspecified atom stereocenters. The van der Waals surface area contributed by atoms with Gasteiger partial charge >= 0.3 is 5.69 Å². The molecule has 4 atom stereocenters. The van der Waals surface area contributed by atoms with Crippen molar-refractivity contribution in [3.8, 4) is 5.75 Å². The summed E-state index contributed by atoms with van der Waals surface area (Å²) in [6.45, 7) is 1.38. The highest BCUT2D eigenvalue weighted by atomic mass is 16.6. The van der Waals surface area contributed by atoms with E-state index in [0.29, 0.717) is 0 Å². The zero-order valence-corrected chi connectivity index (χ0v) is 10.7. The Balaban J connectivity index is 2.40. The van der Waals surface area contributed by atoms with Crippen LogP contribution in [0, 0.1) is 0 Å². The number of ether oxygens (including phenoxy) is 2. The molecule has 2 rings (SSSR count). The highest BCUT2D eigenvalue weighted by Crippen LogP contribution is 2.28. The van der Waals surface area contributed by atoms with Gasteiger partial charge in [0.25, 0.3) is 5.56 Å². The van der Waals surface area contributed by atoms with Gasteiger partial charge in [-0.3, -0.25) is 14.3 Å². The summed E-state index contributed by atoms with van der Waals surface area (Å²) in [5.41, 5.74) is -1.51. The Morgan fingerprint density at radius 1 is 1.40 bits per heavy atom. The summed E-state index contributed by atoms with van der Waals surface area (Å²) in [4.78, 5) is 25.3. The van der Waals surface area contributed by atoms with Gasteiger partial charge in [0.05, 0.1) is 19.4 Å². The van der Waals surface area contributed by atoms with Crippen LogP contribution in [-0.4, -0.2) is 56.4 Å². The first kappa shape index (κ1) is 14.7. The van der Waals surface area contributed by atoms with Crippen LogP contribution in [0.3, 0.4) is 0 Å². The van der Waals surface area contributed by atoms with Crippen molar-refractivity contribution in [2.24, 2.45) is 0 Å². The molecule has 1 aromatic heterocycles. The Hall–Kier alpha value is -1.68. The van der Waals surface area contributed by atoms with Gasteiger partial charge in [-0.05, 0) is 6.92 Å². The molecule has 112 valence electrons. The maximum Gasteiger partial charge on any atom is 0.330 e. The van der Waals surface area contributed by atoms with E-state index in [4.69, 9.17) is 14.6 Å². The fourth-order valence-corrected chi connectivity index (χ4v) is 2.02. The lowest BCUT2D eigenvalue weighted by Gasteiger charge is -2.17. The molecule has 1 aromatic rings. The number of rotatable bonds is 4. The normalized spacial score (nSPS) is 29.6. The lowest BCUT2D eigenvalue weighted by Crippen LogP contribution is -2.38. The number of aromatic nitrogens is 2. The Kier molecular flexibility index (Phi) is 4.23. The van der Waals surface area contributed by atoms with Crippen LogP contribution < -0.4 is 16.0 Å². The molecule has 0 amide bonds. The van der Waals surface area contributed by atoms with E-state index in [-0.39, 0.29) is 12.4 Å². The summed E-state index contributed by atoms with van der Waals surface area (Å²) < 4.78 is 11.2. The summed E-state index contributed by atoms with van der Waals surface area (Å²) in [5.74, 6) is -0.107. The Morgan fingerprint density at radius 2 is 2.10 bits per heavy atom. The molecule has 0 bridgehead atoms. The van der Waals surface area contributed by atoms with Gasteiger partial charge in [0, 0.05) is 0 Å². The molecule has 1 aliphatic rings. The minimum Gasteiger partial charge on any atom is -0.487 e. The van der Waals surface area contributed by atoms with E-state index in [1.165, 1.54) is 0 Å². The first-order chi connectivity index (χ1) is 9.49. The zero-order valence-electron chi connectivity index (χ0n) is 10.7. The molecule has 0 radical (unpaired) electrons. The number of nitrogens with one attached hydrogen (secondary N) is 1. The predicted molar refractivity (Wildman–Crippen MR) is 65.5 cm³/mol. The van der Waals surface area contributed by atoms with Gasteiger partial charge in [0.2, 0.25) is 5.75 Å². The maximum absolute atomic E-state index is 11.7. The standard InChI is InChI=1S/C11H16N2O7/c1-2-19-5-3-13(11(18)12-9(5)17)10-8(16)7(15)6(4-14)20-10/h3,6-8,10,14-16H,2,4H2,1H3,(H,12,17,18)/t6-,7-,8-,10-/m1/s1. The van der Waals surface area contributed by atoms with Crippen LogP contribution in [0.5, 0.6) is 5.75 Å². The molecule has 0 saturated carbocycles. The second-order valence-electron chi connectivity index (χ2n) is 4.32. The minimum atomic E-state index is -1.41. The molecule has 2 heterocycles. The molecule has 1 saturated heterocycles. The Labute approximate surface area is 113 Å². The van der Waals surface area contributed by atoms with Crippen molar-refractivity contribution < 1.29 is 24.8 Å². The summed E-state index contributed by atoms with van der Waals surface area (Å²) in [7, 11) is 0. The number of aromatic amines is 1.